The molecular formula is C11H18Y2-2. The Kier molecular flexibility index (Phi) is 42.7. The molecule has 70 valence electrons. The topological polar surface area (TPSA) is 0 Å². The van der Waals surface area contributed by atoms with Gasteiger partial charge in [0.25, 0.3) is 0 Å². The van der Waals surface area contributed by atoms with E-state index in [0.717, 1.165) is 5.56 Å². The van der Waals surface area contributed by atoms with Crippen LogP contribution in [0.2, 0.25) is 0 Å². The first-order chi connectivity index (χ1) is 5.39. The number of hydrogen-bond donors (Lipinski definition) is 0. The van der Waals surface area contributed by atoms with E-state index in [2.05, 4.69) is 13.8 Å². The molecule has 0 atom stereocenters. The van der Waals surface area contributed by atoms with Gasteiger partial charge in [0, 0.05) is 65.4 Å². The van der Waals surface area contributed by atoms with Crippen LogP contribution in [0.1, 0.15) is 26.3 Å². The van der Waals surface area contributed by atoms with Gasteiger partial charge in [0.1, 0.15) is 0 Å². The summed E-state index contributed by atoms with van der Waals surface area (Å²) in [4.78, 5) is 0. The maximum absolute atomic E-state index is 3.72. The summed E-state index contributed by atoms with van der Waals surface area (Å²) in [6.07, 6.45) is 0. The van der Waals surface area contributed by atoms with Gasteiger partial charge in [-0.2, -0.15) is 31.5 Å². The Bertz CT molecular complexity index is 138. The van der Waals surface area contributed by atoms with E-state index in [0.29, 0.717) is 0 Å². The zero-order valence-corrected chi connectivity index (χ0v) is 14.6. The quantitative estimate of drug-likeness (QED) is 0.637. The number of hydrogen-bond acceptors (Lipinski definition) is 0. The molecule has 0 unspecified atom stereocenters. The van der Waals surface area contributed by atoms with Gasteiger partial charge in [0.2, 0.25) is 0 Å². The Morgan fingerprint density at radius 3 is 1.31 bits per heavy atom. The zero-order valence-electron chi connectivity index (χ0n) is 8.96. The molecule has 0 aliphatic rings. The molecule has 0 aromatic heterocycles. The largest absolute Gasteiger partial charge is 0.346 e. The third-order valence-electron chi connectivity index (χ3n) is 0.843. The molecule has 2 heteroatoms. The first-order valence-corrected chi connectivity index (χ1v) is 3.97. The van der Waals surface area contributed by atoms with Crippen molar-refractivity contribution in [1.82, 2.24) is 0 Å². The average molecular weight is 328 g/mol. The Morgan fingerprint density at radius 2 is 1.15 bits per heavy atom. The van der Waals surface area contributed by atoms with Crippen LogP contribution in [0.25, 0.3) is 0 Å². The van der Waals surface area contributed by atoms with Gasteiger partial charge in [0.05, 0.1) is 0 Å². The summed E-state index contributed by atoms with van der Waals surface area (Å²) in [6.45, 7) is 12.7. The third kappa shape index (κ3) is 19.6. The molecule has 0 amide bonds. The van der Waals surface area contributed by atoms with Crippen LogP contribution in [0.4, 0.5) is 0 Å². The fourth-order valence-electron chi connectivity index (χ4n) is 0.478. The third-order valence-corrected chi connectivity index (χ3v) is 0.843. The Hall–Kier alpha value is 1.30. The molecule has 0 spiro atoms. The molecule has 13 heavy (non-hydrogen) atoms. The van der Waals surface area contributed by atoms with Crippen molar-refractivity contribution in [3.63, 3.8) is 0 Å². The molecule has 1 aromatic carbocycles. The van der Waals surface area contributed by atoms with Crippen molar-refractivity contribution in [2.75, 3.05) is 0 Å². The number of rotatable bonds is 0. The minimum atomic E-state index is 0. The minimum absolute atomic E-state index is 0. The smallest absolute Gasteiger partial charge is 0 e. The zero-order chi connectivity index (χ0) is 9.11. The summed E-state index contributed by atoms with van der Waals surface area (Å²) in [7, 11) is 0. The van der Waals surface area contributed by atoms with Crippen LogP contribution < -0.4 is 0 Å². The Labute approximate surface area is 134 Å². The molecule has 2 radical (unpaired) electrons. The van der Waals surface area contributed by atoms with Crippen LogP contribution in [-0.2, 0) is 65.4 Å². The maximum atomic E-state index is 3.72. The van der Waals surface area contributed by atoms with Gasteiger partial charge >= 0.3 is 0 Å². The van der Waals surface area contributed by atoms with Crippen LogP contribution in [-0.4, -0.2) is 0 Å². The molecule has 1 rings (SSSR count). The van der Waals surface area contributed by atoms with E-state index >= 15 is 0 Å². The van der Waals surface area contributed by atoms with Crippen molar-refractivity contribution < 1.29 is 65.4 Å². The standard InChI is InChI=1S/C7H7.C2H6.C2H5.2Y/c1-7-5-3-2-4-6-7;2*1-2;;/h2-6H,1H2;1-2H3;1H2,2H3;;/q-1;;-1;;. The summed E-state index contributed by atoms with van der Waals surface area (Å²) in [6, 6.07) is 9.87. The maximum Gasteiger partial charge on any atom is 0 e. The first kappa shape index (κ1) is 23.8. The summed E-state index contributed by atoms with van der Waals surface area (Å²) in [5.41, 5.74) is 1.07. The van der Waals surface area contributed by atoms with Crippen LogP contribution in [0.3, 0.4) is 0 Å². The molecule has 0 heterocycles. The summed E-state index contributed by atoms with van der Waals surface area (Å²) in [5.74, 6) is 0. The Balaban J connectivity index is -0.0000000607. The van der Waals surface area contributed by atoms with Gasteiger partial charge in [0.15, 0.2) is 0 Å². The first-order valence-electron chi connectivity index (χ1n) is 3.97. The van der Waals surface area contributed by atoms with E-state index in [4.69, 9.17) is 0 Å². The van der Waals surface area contributed by atoms with Gasteiger partial charge in [-0.15, -0.1) is 12.1 Å². The molecule has 0 nitrogen and oxygen atoms in total. The molecule has 0 fully saturated rings. The predicted octanol–water partition coefficient (Wildman–Crippen LogP) is 3.73. The second kappa shape index (κ2) is 23.3. The normalized spacial score (nSPS) is 5.54. The van der Waals surface area contributed by atoms with E-state index < -0.39 is 0 Å². The van der Waals surface area contributed by atoms with E-state index in [9.17, 15) is 0 Å². The van der Waals surface area contributed by atoms with Gasteiger partial charge < -0.3 is 6.92 Å². The summed E-state index contributed by atoms with van der Waals surface area (Å²) >= 11 is 0. The summed E-state index contributed by atoms with van der Waals surface area (Å²) in [5, 5.41) is 0. The van der Waals surface area contributed by atoms with E-state index in [1.165, 1.54) is 0 Å². The molecule has 0 bridgehead atoms. The monoisotopic (exact) mass is 328 g/mol. The van der Waals surface area contributed by atoms with Crippen molar-refractivity contribution in [3.05, 3.63) is 49.7 Å². The predicted molar refractivity (Wildman–Crippen MR) is 53.3 cm³/mol. The number of benzene rings is 1. The van der Waals surface area contributed by atoms with E-state index in [1.54, 1.807) is 6.92 Å². The molecule has 0 aliphatic heterocycles. The minimum Gasteiger partial charge on any atom is -0.346 e. The molecule has 0 N–H and O–H groups in total. The van der Waals surface area contributed by atoms with Gasteiger partial charge in [-0.05, 0) is 0 Å². The fraction of sp³-hybridized carbons (Fsp3) is 0.273. The molecular weight excluding hydrogens is 310 g/mol. The van der Waals surface area contributed by atoms with E-state index in [1.807, 2.05) is 44.2 Å². The fourth-order valence-corrected chi connectivity index (χ4v) is 0.478. The van der Waals surface area contributed by atoms with Crippen molar-refractivity contribution in [3.8, 4) is 0 Å². The van der Waals surface area contributed by atoms with E-state index in [-0.39, 0.29) is 65.4 Å². The second-order valence-corrected chi connectivity index (χ2v) is 1.49. The molecule has 0 saturated heterocycles. The average Bonchev–Trinajstić information content (AvgIpc) is 2.13. The Morgan fingerprint density at radius 1 is 0.846 bits per heavy atom. The molecule has 0 aliphatic carbocycles. The van der Waals surface area contributed by atoms with Crippen LogP contribution in [0, 0.1) is 13.8 Å². The van der Waals surface area contributed by atoms with Gasteiger partial charge in [-0.25, -0.2) is 0 Å². The second-order valence-electron chi connectivity index (χ2n) is 1.49. The van der Waals surface area contributed by atoms with Gasteiger partial charge in [-0.3, -0.25) is 0 Å². The van der Waals surface area contributed by atoms with Crippen molar-refractivity contribution >= 4 is 0 Å². The van der Waals surface area contributed by atoms with Crippen molar-refractivity contribution in [1.29, 1.82) is 0 Å². The van der Waals surface area contributed by atoms with Crippen LogP contribution >= 0.6 is 0 Å². The molecule has 0 saturated carbocycles. The van der Waals surface area contributed by atoms with Gasteiger partial charge in [-0.1, -0.05) is 19.9 Å². The van der Waals surface area contributed by atoms with Crippen LogP contribution in [0.15, 0.2) is 30.3 Å². The van der Waals surface area contributed by atoms with Crippen LogP contribution in [0.5, 0.6) is 0 Å². The van der Waals surface area contributed by atoms with Crippen molar-refractivity contribution in [2.45, 2.75) is 20.8 Å². The SMILES string of the molecule is CC.[CH2-]C.[CH2-]c1ccccc1.[Y].[Y]. The summed E-state index contributed by atoms with van der Waals surface area (Å²) < 4.78 is 0. The molecule has 1 aromatic rings. The van der Waals surface area contributed by atoms with Crippen molar-refractivity contribution in [2.24, 2.45) is 0 Å².